The van der Waals surface area contributed by atoms with E-state index in [-0.39, 0.29) is 42.4 Å². The van der Waals surface area contributed by atoms with Gasteiger partial charge < -0.3 is 14.2 Å². The molecule has 150 valence electrons. The molecule has 0 atom stereocenters. The molecule has 2 aromatic carbocycles. The zero-order chi connectivity index (χ0) is 21.2. The van der Waals surface area contributed by atoms with Gasteiger partial charge in [0.1, 0.15) is 36.4 Å². The first-order valence-corrected chi connectivity index (χ1v) is 8.84. The molecule has 0 aliphatic heterocycles. The average Bonchev–Trinajstić information content (AvgIpc) is 2.70. The van der Waals surface area contributed by atoms with Crippen LogP contribution in [0, 0.1) is 28.4 Å². The molecule has 8 heteroatoms. The number of ether oxygens (including phenoxy) is 3. The fraction of sp³-hybridized carbons (Fsp3) is 0.238. The van der Waals surface area contributed by atoms with Gasteiger partial charge in [-0.05, 0) is 43.7 Å². The molecule has 0 fully saturated rings. The molecule has 29 heavy (non-hydrogen) atoms. The number of non-ortho nitro benzene ring substituents is 1. The van der Waals surface area contributed by atoms with Crippen LogP contribution in [0.5, 0.6) is 11.5 Å². The van der Waals surface area contributed by atoms with Crippen molar-refractivity contribution in [2.75, 3.05) is 19.8 Å². The Morgan fingerprint density at radius 3 is 2.62 bits per heavy atom. The summed E-state index contributed by atoms with van der Waals surface area (Å²) in [5, 5.41) is 20.3. The van der Waals surface area contributed by atoms with E-state index in [4.69, 9.17) is 14.2 Å². The van der Waals surface area contributed by atoms with Crippen molar-refractivity contribution >= 4 is 17.7 Å². The minimum absolute atomic E-state index is 0.104. The van der Waals surface area contributed by atoms with E-state index in [1.54, 1.807) is 13.0 Å². The highest BCUT2D eigenvalue weighted by Gasteiger charge is 2.15. The highest BCUT2D eigenvalue weighted by molar-refractivity contribution is 5.98. The van der Waals surface area contributed by atoms with Crippen LogP contribution >= 0.6 is 0 Å². The average molecular weight is 396 g/mol. The summed E-state index contributed by atoms with van der Waals surface area (Å²) >= 11 is 0. The standard InChI is InChI=1S/C21H20N2O6/c1-3-27-21(24)17(14-22)12-16-13-18(23(25)26)7-8-20(16)29-10-9-28-19-6-4-5-15(2)11-19/h4-8,11-13H,3,9-10H2,1-2H3. The van der Waals surface area contributed by atoms with E-state index in [0.717, 1.165) is 5.56 Å². The van der Waals surface area contributed by atoms with E-state index in [9.17, 15) is 20.2 Å². The zero-order valence-corrected chi connectivity index (χ0v) is 16.1. The fourth-order valence-corrected chi connectivity index (χ4v) is 2.41. The van der Waals surface area contributed by atoms with Crippen LogP contribution in [0.1, 0.15) is 18.1 Å². The van der Waals surface area contributed by atoms with Gasteiger partial charge in [-0.3, -0.25) is 10.1 Å². The van der Waals surface area contributed by atoms with Crippen molar-refractivity contribution in [1.82, 2.24) is 0 Å². The van der Waals surface area contributed by atoms with E-state index in [1.165, 1.54) is 24.3 Å². The van der Waals surface area contributed by atoms with Gasteiger partial charge in [-0.1, -0.05) is 12.1 Å². The lowest BCUT2D eigenvalue weighted by Gasteiger charge is -2.11. The monoisotopic (exact) mass is 396 g/mol. The molecule has 8 nitrogen and oxygen atoms in total. The molecule has 0 aromatic heterocycles. The van der Waals surface area contributed by atoms with E-state index < -0.39 is 10.9 Å². The van der Waals surface area contributed by atoms with Crippen molar-refractivity contribution in [3.8, 4) is 17.6 Å². The Morgan fingerprint density at radius 2 is 1.97 bits per heavy atom. The SMILES string of the molecule is CCOC(=O)C(C#N)=Cc1cc([N+](=O)[O-])ccc1OCCOc1cccc(C)c1. The maximum atomic E-state index is 11.8. The number of benzene rings is 2. The van der Waals surface area contributed by atoms with Gasteiger partial charge in [-0.2, -0.15) is 5.26 Å². The molecule has 0 N–H and O–H groups in total. The number of aryl methyl sites for hydroxylation is 1. The van der Waals surface area contributed by atoms with Crippen LogP contribution < -0.4 is 9.47 Å². The summed E-state index contributed by atoms with van der Waals surface area (Å²) in [6.45, 7) is 4.07. The Kier molecular flexibility index (Phi) is 7.74. The summed E-state index contributed by atoms with van der Waals surface area (Å²) in [6.07, 6.45) is 1.21. The van der Waals surface area contributed by atoms with Crippen molar-refractivity contribution < 1.29 is 23.9 Å². The summed E-state index contributed by atoms with van der Waals surface area (Å²) in [5.41, 5.74) is 0.808. The van der Waals surface area contributed by atoms with Crippen molar-refractivity contribution in [2.45, 2.75) is 13.8 Å². The lowest BCUT2D eigenvalue weighted by Crippen LogP contribution is -2.10. The second kappa shape index (κ2) is 10.5. The molecule has 0 spiro atoms. The Labute approximate surface area is 168 Å². The van der Waals surface area contributed by atoms with E-state index in [0.29, 0.717) is 5.75 Å². The minimum atomic E-state index is -0.810. The van der Waals surface area contributed by atoms with Gasteiger partial charge in [0.05, 0.1) is 11.5 Å². The minimum Gasteiger partial charge on any atom is -0.490 e. The number of hydrogen-bond acceptors (Lipinski definition) is 7. The summed E-state index contributed by atoms with van der Waals surface area (Å²) in [6, 6.07) is 13.2. The van der Waals surface area contributed by atoms with Crippen LogP contribution in [0.4, 0.5) is 5.69 Å². The van der Waals surface area contributed by atoms with Crippen molar-refractivity contribution in [1.29, 1.82) is 5.26 Å². The van der Waals surface area contributed by atoms with Crippen LogP contribution in [0.25, 0.3) is 6.08 Å². The maximum absolute atomic E-state index is 11.8. The third-order valence-electron chi connectivity index (χ3n) is 3.72. The predicted molar refractivity (Wildman–Crippen MR) is 105 cm³/mol. The lowest BCUT2D eigenvalue weighted by atomic mass is 10.1. The van der Waals surface area contributed by atoms with Crippen LogP contribution in [-0.4, -0.2) is 30.7 Å². The van der Waals surface area contributed by atoms with Gasteiger partial charge in [-0.25, -0.2) is 4.79 Å². The molecule has 0 radical (unpaired) electrons. The predicted octanol–water partition coefficient (Wildman–Crippen LogP) is 3.83. The molecular formula is C21H20N2O6. The van der Waals surface area contributed by atoms with Gasteiger partial charge in [0.2, 0.25) is 0 Å². The van der Waals surface area contributed by atoms with Gasteiger partial charge in [0, 0.05) is 17.7 Å². The molecule has 0 saturated heterocycles. The van der Waals surface area contributed by atoms with Gasteiger partial charge in [0.25, 0.3) is 5.69 Å². The van der Waals surface area contributed by atoms with E-state index in [1.807, 2.05) is 31.2 Å². The maximum Gasteiger partial charge on any atom is 0.348 e. The second-order valence-electron chi connectivity index (χ2n) is 5.88. The zero-order valence-electron chi connectivity index (χ0n) is 16.1. The number of nitro groups is 1. The molecular weight excluding hydrogens is 376 g/mol. The molecule has 0 aliphatic carbocycles. The molecule has 0 unspecified atom stereocenters. The van der Waals surface area contributed by atoms with E-state index >= 15 is 0 Å². The molecule has 0 saturated carbocycles. The summed E-state index contributed by atoms with van der Waals surface area (Å²) < 4.78 is 16.1. The van der Waals surface area contributed by atoms with Crippen LogP contribution in [0.15, 0.2) is 48.0 Å². The number of nitriles is 1. The highest BCUT2D eigenvalue weighted by Crippen LogP contribution is 2.27. The first-order valence-electron chi connectivity index (χ1n) is 8.84. The number of rotatable bonds is 9. The quantitative estimate of drug-likeness (QED) is 0.158. The van der Waals surface area contributed by atoms with Crippen molar-refractivity contribution in [2.24, 2.45) is 0 Å². The smallest absolute Gasteiger partial charge is 0.348 e. The first kappa shape index (κ1) is 21.4. The van der Waals surface area contributed by atoms with E-state index in [2.05, 4.69) is 0 Å². The number of nitro benzene ring substituents is 1. The normalized spacial score (nSPS) is 10.7. The summed E-state index contributed by atoms with van der Waals surface area (Å²) in [5.74, 6) is 0.169. The third kappa shape index (κ3) is 6.36. The van der Waals surface area contributed by atoms with Crippen LogP contribution in [0.3, 0.4) is 0 Å². The molecule has 2 rings (SSSR count). The van der Waals surface area contributed by atoms with Crippen LogP contribution in [-0.2, 0) is 9.53 Å². The Bertz CT molecular complexity index is 962. The third-order valence-corrected chi connectivity index (χ3v) is 3.72. The second-order valence-corrected chi connectivity index (χ2v) is 5.88. The summed E-state index contributed by atoms with van der Waals surface area (Å²) in [7, 11) is 0. The van der Waals surface area contributed by atoms with Crippen LogP contribution in [0.2, 0.25) is 0 Å². The number of nitrogens with zero attached hydrogens (tertiary/aromatic N) is 2. The Morgan fingerprint density at radius 1 is 1.21 bits per heavy atom. The molecule has 0 bridgehead atoms. The van der Waals surface area contributed by atoms with Gasteiger partial charge in [-0.15, -0.1) is 0 Å². The molecule has 0 heterocycles. The molecule has 0 amide bonds. The highest BCUT2D eigenvalue weighted by atomic mass is 16.6. The lowest BCUT2D eigenvalue weighted by molar-refractivity contribution is -0.384. The van der Waals surface area contributed by atoms with Crippen molar-refractivity contribution in [3.63, 3.8) is 0 Å². The number of carbonyl (C=O) groups is 1. The number of carbonyl (C=O) groups excluding carboxylic acids is 1. The molecule has 0 aliphatic rings. The Hall–Kier alpha value is -3.86. The van der Waals surface area contributed by atoms with Gasteiger partial charge >= 0.3 is 5.97 Å². The van der Waals surface area contributed by atoms with Gasteiger partial charge in [0.15, 0.2) is 0 Å². The fourth-order valence-electron chi connectivity index (χ4n) is 2.41. The largest absolute Gasteiger partial charge is 0.490 e. The molecule has 2 aromatic rings. The van der Waals surface area contributed by atoms with Crippen molar-refractivity contribution in [3.05, 3.63) is 69.3 Å². The number of esters is 1. The first-order chi connectivity index (χ1) is 13.9. The number of hydrogen-bond donors (Lipinski definition) is 0. The topological polar surface area (TPSA) is 112 Å². The Balaban J connectivity index is 2.16. The summed E-state index contributed by atoms with van der Waals surface area (Å²) in [4.78, 5) is 22.3.